The topological polar surface area (TPSA) is 84.4 Å². The van der Waals surface area contributed by atoms with Gasteiger partial charge in [-0.3, -0.25) is 4.99 Å². The van der Waals surface area contributed by atoms with Crippen molar-refractivity contribution in [1.29, 1.82) is 0 Å². The van der Waals surface area contributed by atoms with Crippen molar-refractivity contribution in [1.82, 2.24) is 15.5 Å². The van der Waals surface area contributed by atoms with Crippen molar-refractivity contribution in [3.05, 3.63) is 23.8 Å². The monoisotopic (exact) mass is 548 g/mol. The molecule has 0 aliphatic carbocycles. The van der Waals surface area contributed by atoms with E-state index in [9.17, 15) is 4.79 Å². The first-order valence-electron chi connectivity index (χ1n) is 10.4. The van der Waals surface area contributed by atoms with E-state index in [1.165, 1.54) is 0 Å². The molecule has 1 fully saturated rings. The quantitative estimate of drug-likeness (QED) is 0.321. The molecule has 1 aromatic carbocycles. The molecule has 0 radical (unpaired) electrons. The van der Waals surface area contributed by atoms with Gasteiger partial charge >= 0.3 is 6.09 Å². The zero-order chi connectivity index (χ0) is 22.1. The van der Waals surface area contributed by atoms with E-state index in [1.807, 2.05) is 39.0 Å². The number of likely N-dealkylation sites (tertiary alicyclic amines) is 1. The molecule has 1 saturated heterocycles. The number of hydrogen-bond acceptors (Lipinski definition) is 5. The number of carbonyl (C=O) groups is 1. The Balaban J connectivity index is 0.00000480. The lowest BCUT2D eigenvalue weighted by Gasteiger charge is -2.34. The Morgan fingerprint density at radius 3 is 2.52 bits per heavy atom. The van der Waals surface area contributed by atoms with Crippen LogP contribution in [0.4, 0.5) is 4.79 Å². The Hall–Kier alpha value is -1.91. The number of guanidine groups is 1. The lowest BCUT2D eigenvalue weighted by Crippen LogP contribution is -2.47. The Kier molecular flexibility index (Phi) is 11.2. The van der Waals surface area contributed by atoms with Gasteiger partial charge in [0, 0.05) is 33.2 Å². The van der Waals surface area contributed by atoms with Crippen molar-refractivity contribution in [2.45, 2.75) is 45.8 Å². The fourth-order valence-corrected chi connectivity index (χ4v) is 3.36. The molecule has 1 heterocycles. The van der Waals surface area contributed by atoms with Crippen LogP contribution in [0.2, 0.25) is 0 Å². The standard InChI is InChI=1S/C22H36N4O4.HI/c1-22(2,3)30-21(27)26-11-7-8-17(15-26)14-25-20(23-4)24-13-16-9-10-18(28-5)19(12-16)29-6;/h9-10,12,17H,7-8,11,13-15H2,1-6H3,(H2,23,24,25);1H. The summed E-state index contributed by atoms with van der Waals surface area (Å²) < 4.78 is 16.1. The largest absolute Gasteiger partial charge is 0.493 e. The Morgan fingerprint density at radius 1 is 1.19 bits per heavy atom. The molecule has 1 aliphatic heterocycles. The summed E-state index contributed by atoms with van der Waals surface area (Å²) in [5, 5.41) is 6.69. The summed E-state index contributed by atoms with van der Waals surface area (Å²) in [6.45, 7) is 8.46. The molecule has 176 valence electrons. The number of rotatable bonds is 6. The Labute approximate surface area is 203 Å². The summed E-state index contributed by atoms with van der Waals surface area (Å²) in [7, 11) is 4.99. The molecular weight excluding hydrogens is 511 g/mol. The van der Waals surface area contributed by atoms with Crippen molar-refractivity contribution in [3.8, 4) is 11.5 Å². The van der Waals surface area contributed by atoms with Crippen LogP contribution in [-0.4, -0.2) is 63.5 Å². The van der Waals surface area contributed by atoms with Gasteiger partial charge in [-0.1, -0.05) is 6.07 Å². The minimum atomic E-state index is -0.474. The third-order valence-electron chi connectivity index (χ3n) is 4.86. The highest BCUT2D eigenvalue weighted by Gasteiger charge is 2.27. The second-order valence-electron chi connectivity index (χ2n) is 8.43. The molecule has 8 nitrogen and oxygen atoms in total. The number of nitrogens with zero attached hydrogens (tertiary/aromatic N) is 2. The number of piperidine rings is 1. The second-order valence-corrected chi connectivity index (χ2v) is 8.43. The molecule has 0 saturated carbocycles. The molecule has 31 heavy (non-hydrogen) atoms. The van der Waals surface area contributed by atoms with E-state index in [0.717, 1.165) is 37.5 Å². The van der Waals surface area contributed by atoms with Gasteiger partial charge in [0.05, 0.1) is 14.2 Å². The lowest BCUT2D eigenvalue weighted by molar-refractivity contribution is 0.0168. The summed E-state index contributed by atoms with van der Waals surface area (Å²) in [4.78, 5) is 18.4. The third kappa shape index (κ3) is 9.00. The average Bonchev–Trinajstić information content (AvgIpc) is 2.72. The van der Waals surface area contributed by atoms with Gasteiger partial charge in [0.15, 0.2) is 17.5 Å². The second kappa shape index (κ2) is 12.8. The molecule has 0 spiro atoms. The van der Waals surface area contributed by atoms with Crippen LogP contribution in [0, 0.1) is 5.92 Å². The molecule has 1 aromatic rings. The fraction of sp³-hybridized carbons (Fsp3) is 0.636. The van der Waals surface area contributed by atoms with Gasteiger partial charge in [0.1, 0.15) is 5.60 Å². The molecule has 1 unspecified atom stereocenters. The van der Waals surface area contributed by atoms with Crippen LogP contribution in [0.15, 0.2) is 23.2 Å². The van der Waals surface area contributed by atoms with E-state index in [0.29, 0.717) is 30.5 Å². The first kappa shape index (κ1) is 27.1. The number of nitrogens with one attached hydrogen (secondary N) is 2. The number of carbonyl (C=O) groups excluding carboxylic acids is 1. The molecule has 2 N–H and O–H groups in total. The lowest BCUT2D eigenvalue weighted by atomic mass is 9.98. The van der Waals surface area contributed by atoms with Crippen LogP contribution in [0.3, 0.4) is 0 Å². The zero-order valence-corrected chi connectivity index (χ0v) is 21.8. The zero-order valence-electron chi connectivity index (χ0n) is 19.5. The summed E-state index contributed by atoms with van der Waals surface area (Å²) in [6.07, 6.45) is 1.81. The maximum atomic E-state index is 12.3. The minimum absolute atomic E-state index is 0. The van der Waals surface area contributed by atoms with Crippen molar-refractivity contribution >= 4 is 36.0 Å². The van der Waals surface area contributed by atoms with Crippen LogP contribution in [-0.2, 0) is 11.3 Å². The minimum Gasteiger partial charge on any atom is -0.493 e. The smallest absolute Gasteiger partial charge is 0.410 e. The van der Waals surface area contributed by atoms with Gasteiger partial charge in [-0.05, 0) is 57.2 Å². The van der Waals surface area contributed by atoms with Crippen molar-refractivity contribution < 1.29 is 19.0 Å². The van der Waals surface area contributed by atoms with E-state index in [-0.39, 0.29) is 30.1 Å². The van der Waals surface area contributed by atoms with E-state index in [1.54, 1.807) is 26.2 Å². The number of amides is 1. The summed E-state index contributed by atoms with van der Waals surface area (Å²) in [5.74, 6) is 2.48. The normalized spacial score (nSPS) is 16.8. The average molecular weight is 548 g/mol. The molecule has 2 rings (SSSR count). The summed E-state index contributed by atoms with van der Waals surface area (Å²) in [5.41, 5.74) is 0.586. The van der Waals surface area contributed by atoms with Gasteiger partial charge in [-0.15, -0.1) is 24.0 Å². The highest BCUT2D eigenvalue weighted by atomic mass is 127. The molecule has 0 bridgehead atoms. The van der Waals surface area contributed by atoms with Gasteiger partial charge in [0.25, 0.3) is 0 Å². The summed E-state index contributed by atoms with van der Waals surface area (Å²) in [6, 6.07) is 5.82. The van der Waals surface area contributed by atoms with Crippen LogP contribution in [0.5, 0.6) is 11.5 Å². The molecular formula is C22H37IN4O4. The Bertz CT molecular complexity index is 737. The van der Waals surface area contributed by atoms with Crippen LogP contribution >= 0.6 is 24.0 Å². The first-order chi connectivity index (χ1) is 14.3. The van der Waals surface area contributed by atoms with Crippen LogP contribution in [0.1, 0.15) is 39.2 Å². The van der Waals surface area contributed by atoms with Gasteiger partial charge in [0.2, 0.25) is 0 Å². The summed E-state index contributed by atoms with van der Waals surface area (Å²) >= 11 is 0. The van der Waals surface area contributed by atoms with E-state index in [2.05, 4.69) is 15.6 Å². The molecule has 1 amide bonds. The van der Waals surface area contributed by atoms with Gasteiger partial charge < -0.3 is 29.7 Å². The molecule has 1 aliphatic rings. The van der Waals surface area contributed by atoms with Crippen LogP contribution < -0.4 is 20.1 Å². The molecule has 1 atom stereocenters. The SMILES string of the molecule is CN=C(NCc1ccc(OC)c(OC)c1)NCC1CCCN(C(=O)OC(C)(C)C)C1.I. The maximum absolute atomic E-state index is 12.3. The van der Waals surface area contributed by atoms with E-state index in [4.69, 9.17) is 14.2 Å². The molecule has 9 heteroatoms. The number of aliphatic imine (C=N–C) groups is 1. The highest BCUT2D eigenvalue weighted by Crippen LogP contribution is 2.27. The predicted octanol–water partition coefficient (Wildman–Crippen LogP) is 3.63. The number of ether oxygens (including phenoxy) is 3. The van der Waals surface area contributed by atoms with Crippen LogP contribution in [0.25, 0.3) is 0 Å². The number of halogens is 1. The van der Waals surface area contributed by atoms with Crippen molar-refractivity contribution in [2.24, 2.45) is 10.9 Å². The fourth-order valence-electron chi connectivity index (χ4n) is 3.36. The number of hydrogen-bond donors (Lipinski definition) is 2. The number of benzene rings is 1. The third-order valence-corrected chi connectivity index (χ3v) is 4.86. The van der Waals surface area contributed by atoms with Gasteiger partial charge in [-0.25, -0.2) is 4.79 Å². The maximum Gasteiger partial charge on any atom is 0.410 e. The number of methoxy groups -OCH3 is 2. The van der Waals surface area contributed by atoms with E-state index >= 15 is 0 Å². The first-order valence-corrected chi connectivity index (χ1v) is 10.4. The molecule has 0 aromatic heterocycles. The van der Waals surface area contributed by atoms with Crippen molar-refractivity contribution in [2.75, 3.05) is 40.9 Å². The van der Waals surface area contributed by atoms with Crippen molar-refractivity contribution in [3.63, 3.8) is 0 Å². The van der Waals surface area contributed by atoms with E-state index < -0.39 is 5.60 Å². The predicted molar refractivity (Wildman–Crippen MR) is 134 cm³/mol. The van der Waals surface area contributed by atoms with Gasteiger partial charge in [-0.2, -0.15) is 0 Å². The Morgan fingerprint density at radius 2 is 1.90 bits per heavy atom. The highest BCUT2D eigenvalue weighted by molar-refractivity contribution is 14.0.